The van der Waals surface area contributed by atoms with Gasteiger partial charge in [0.05, 0.1) is 19.8 Å². The highest BCUT2D eigenvalue weighted by Crippen LogP contribution is 2.50. The number of ether oxygens (including phenoxy) is 4. The van der Waals surface area contributed by atoms with Crippen LogP contribution in [-0.2, 0) is 11.2 Å². The van der Waals surface area contributed by atoms with Crippen molar-refractivity contribution in [3.05, 3.63) is 33.2 Å². The molecule has 0 bridgehead atoms. The lowest BCUT2D eigenvalue weighted by atomic mass is 9.95. The number of thiophene rings is 1. The van der Waals surface area contributed by atoms with Gasteiger partial charge in [-0.2, -0.15) is 0 Å². The van der Waals surface area contributed by atoms with E-state index in [0.717, 1.165) is 35.4 Å². The number of amides is 1. The van der Waals surface area contributed by atoms with E-state index in [1.807, 2.05) is 13.1 Å². The smallest absolute Gasteiger partial charge is 0.348 e. The van der Waals surface area contributed by atoms with Gasteiger partial charge in [-0.3, -0.25) is 9.69 Å². The number of nitrogens with zero attached hydrogens (tertiary/aromatic N) is 1. The van der Waals surface area contributed by atoms with Crippen molar-refractivity contribution in [1.82, 2.24) is 4.90 Å². The summed E-state index contributed by atoms with van der Waals surface area (Å²) in [7, 11) is 4.86. The van der Waals surface area contributed by atoms with Gasteiger partial charge in [0.15, 0.2) is 11.5 Å². The number of rotatable bonds is 5. The molecule has 1 aromatic carbocycles. The van der Waals surface area contributed by atoms with Crippen LogP contribution in [0.5, 0.6) is 17.2 Å². The fourth-order valence-electron chi connectivity index (χ4n) is 3.94. The first-order valence-electron chi connectivity index (χ1n) is 9.35. The number of nitrogens with two attached hydrogens (primary N) is 1. The first kappa shape index (κ1) is 20.3. The SMILES string of the molecule is COC(=O)c1sc(NC2c3c(cc4c(c3OC)OCO4)CCN2C)c(C(N)=O)c1C. The number of fused-ring (bicyclic) bond motifs is 2. The standard InChI is InChI=1S/C20H23N3O6S/c1-9-12(17(21)24)19(30-16(9)20(25)27-4)22-18-13-10(5-6-23(18)2)7-11-14(15(13)26-3)29-8-28-11/h7,18,22H,5-6,8H2,1-4H3,(H2,21,24). The fraction of sp³-hybridized carbons (Fsp3) is 0.400. The average molecular weight is 433 g/mol. The predicted octanol–water partition coefficient (Wildman–Crippen LogP) is 2.28. The van der Waals surface area contributed by atoms with Crippen LogP contribution in [0.15, 0.2) is 6.07 Å². The molecule has 0 spiro atoms. The molecule has 1 amide bonds. The van der Waals surface area contributed by atoms with Crippen LogP contribution in [0.4, 0.5) is 5.00 Å². The highest BCUT2D eigenvalue weighted by atomic mass is 32.1. The van der Waals surface area contributed by atoms with E-state index in [1.54, 1.807) is 14.0 Å². The maximum Gasteiger partial charge on any atom is 0.348 e. The molecule has 2 aliphatic heterocycles. The van der Waals surface area contributed by atoms with Crippen LogP contribution in [0.1, 0.15) is 42.9 Å². The van der Waals surface area contributed by atoms with Crippen LogP contribution in [0.25, 0.3) is 0 Å². The third kappa shape index (κ3) is 3.12. The Balaban J connectivity index is 1.82. The molecule has 1 aromatic heterocycles. The van der Waals surface area contributed by atoms with E-state index in [4.69, 9.17) is 24.7 Å². The Morgan fingerprint density at radius 1 is 1.33 bits per heavy atom. The molecule has 0 fully saturated rings. The van der Waals surface area contributed by atoms with Crippen LogP contribution in [0, 0.1) is 6.92 Å². The van der Waals surface area contributed by atoms with Crippen molar-refractivity contribution in [3.63, 3.8) is 0 Å². The molecule has 3 heterocycles. The number of carbonyl (C=O) groups is 2. The topological polar surface area (TPSA) is 112 Å². The molecular weight excluding hydrogens is 410 g/mol. The number of nitrogens with one attached hydrogen (secondary N) is 1. The maximum atomic E-state index is 12.2. The van der Waals surface area contributed by atoms with Crippen molar-refractivity contribution in [2.75, 3.05) is 39.9 Å². The number of likely N-dealkylation sites (N-methyl/N-ethyl adjacent to an activating group) is 1. The first-order chi connectivity index (χ1) is 14.4. The number of primary amides is 1. The minimum Gasteiger partial charge on any atom is -0.492 e. The zero-order valence-electron chi connectivity index (χ0n) is 17.2. The molecule has 30 heavy (non-hydrogen) atoms. The number of hydrogen-bond donors (Lipinski definition) is 2. The number of methoxy groups -OCH3 is 2. The third-order valence-electron chi connectivity index (χ3n) is 5.43. The van der Waals surface area contributed by atoms with Gasteiger partial charge in [0.1, 0.15) is 16.0 Å². The molecule has 4 rings (SSSR count). The summed E-state index contributed by atoms with van der Waals surface area (Å²) in [4.78, 5) is 26.8. The van der Waals surface area contributed by atoms with Crippen molar-refractivity contribution in [3.8, 4) is 17.2 Å². The van der Waals surface area contributed by atoms with E-state index < -0.39 is 11.9 Å². The Hall–Kier alpha value is -2.98. The van der Waals surface area contributed by atoms with Crippen LogP contribution in [-0.4, -0.2) is 51.4 Å². The second-order valence-electron chi connectivity index (χ2n) is 7.11. The second kappa shape index (κ2) is 7.69. The molecule has 1 atom stereocenters. The Labute approximate surface area is 177 Å². The molecule has 0 aliphatic carbocycles. The van der Waals surface area contributed by atoms with Gasteiger partial charge < -0.3 is 30.0 Å². The quantitative estimate of drug-likeness (QED) is 0.691. The largest absolute Gasteiger partial charge is 0.492 e. The van der Waals surface area contributed by atoms with Crippen molar-refractivity contribution in [1.29, 1.82) is 0 Å². The molecule has 0 saturated heterocycles. The van der Waals surface area contributed by atoms with Crippen LogP contribution < -0.4 is 25.3 Å². The number of esters is 1. The molecule has 3 N–H and O–H groups in total. The van der Waals surface area contributed by atoms with Gasteiger partial charge in [0.25, 0.3) is 5.91 Å². The third-order valence-corrected chi connectivity index (χ3v) is 6.63. The summed E-state index contributed by atoms with van der Waals surface area (Å²) in [6.07, 6.45) is 0.469. The van der Waals surface area contributed by atoms with Gasteiger partial charge >= 0.3 is 5.97 Å². The fourth-order valence-corrected chi connectivity index (χ4v) is 5.09. The molecule has 1 unspecified atom stereocenters. The number of anilines is 1. The molecular formula is C20H23N3O6S. The van der Waals surface area contributed by atoms with Crippen LogP contribution in [0.2, 0.25) is 0 Å². The summed E-state index contributed by atoms with van der Waals surface area (Å²) in [5.41, 5.74) is 8.38. The molecule has 160 valence electrons. The molecule has 0 saturated carbocycles. The molecule has 2 aliphatic rings. The minimum absolute atomic E-state index is 0.140. The van der Waals surface area contributed by atoms with Gasteiger partial charge in [-0.25, -0.2) is 4.79 Å². The van der Waals surface area contributed by atoms with Crippen molar-refractivity contribution >= 4 is 28.2 Å². The summed E-state index contributed by atoms with van der Waals surface area (Å²) in [5, 5.41) is 3.91. The Morgan fingerprint density at radius 3 is 2.77 bits per heavy atom. The highest BCUT2D eigenvalue weighted by Gasteiger charge is 2.35. The molecule has 10 heteroatoms. The monoisotopic (exact) mass is 433 g/mol. The van der Waals surface area contributed by atoms with E-state index in [1.165, 1.54) is 7.11 Å². The van der Waals surface area contributed by atoms with Crippen molar-refractivity contribution in [2.24, 2.45) is 5.73 Å². The summed E-state index contributed by atoms with van der Waals surface area (Å²) in [6, 6.07) is 1.97. The lowest BCUT2D eigenvalue weighted by Gasteiger charge is -2.36. The predicted molar refractivity (Wildman–Crippen MR) is 111 cm³/mol. The van der Waals surface area contributed by atoms with Gasteiger partial charge in [0, 0.05) is 12.1 Å². The van der Waals surface area contributed by atoms with Crippen molar-refractivity contribution < 1.29 is 28.5 Å². The second-order valence-corrected chi connectivity index (χ2v) is 8.13. The zero-order valence-corrected chi connectivity index (χ0v) is 18.0. The average Bonchev–Trinajstić information content (AvgIpc) is 3.31. The Kier molecular flexibility index (Phi) is 5.20. The number of carbonyl (C=O) groups excluding carboxylic acids is 2. The van der Waals surface area contributed by atoms with E-state index in [-0.39, 0.29) is 18.5 Å². The zero-order chi connectivity index (χ0) is 21.6. The van der Waals surface area contributed by atoms with Gasteiger partial charge in [-0.15, -0.1) is 11.3 Å². The summed E-state index contributed by atoms with van der Waals surface area (Å²) in [5.74, 6) is 0.688. The van der Waals surface area contributed by atoms with Gasteiger partial charge in [-0.05, 0) is 37.6 Å². The number of benzene rings is 1. The minimum atomic E-state index is -0.613. The summed E-state index contributed by atoms with van der Waals surface area (Å²) < 4.78 is 21.7. The lowest BCUT2D eigenvalue weighted by molar-refractivity contribution is 0.0605. The van der Waals surface area contributed by atoms with E-state index in [9.17, 15) is 9.59 Å². The lowest BCUT2D eigenvalue weighted by Crippen LogP contribution is -2.37. The van der Waals surface area contributed by atoms with Crippen LogP contribution in [0.3, 0.4) is 0 Å². The summed E-state index contributed by atoms with van der Waals surface area (Å²) in [6.45, 7) is 2.60. The summed E-state index contributed by atoms with van der Waals surface area (Å²) >= 11 is 1.15. The molecule has 9 nitrogen and oxygen atoms in total. The van der Waals surface area contributed by atoms with Gasteiger partial charge in [-0.1, -0.05) is 0 Å². The van der Waals surface area contributed by atoms with Crippen LogP contribution >= 0.6 is 11.3 Å². The Bertz CT molecular complexity index is 1030. The van der Waals surface area contributed by atoms with E-state index >= 15 is 0 Å². The normalized spacial score (nSPS) is 17.4. The Morgan fingerprint density at radius 2 is 2.10 bits per heavy atom. The maximum absolute atomic E-state index is 12.2. The highest BCUT2D eigenvalue weighted by molar-refractivity contribution is 7.18. The molecule has 0 radical (unpaired) electrons. The first-order valence-corrected chi connectivity index (χ1v) is 10.2. The van der Waals surface area contributed by atoms with Gasteiger partial charge in [0.2, 0.25) is 12.5 Å². The van der Waals surface area contributed by atoms with Crippen molar-refractivity contribution in [2.45, 2.75) is 19.5 Å². The van der Waals surface area contributed by atoms with E-state index in [0.29, 0.717) is 32.7 Å². The van der Waals surface area contributed by atoms with E-state index in [2.05, 4.69) is 10.2 Å². The number of hydrogen-bond acceptors (Lipinski definition) is 9. The molecule has 2 aromatic rings.